The maximum Gasteiger partial charge on any atom is 2.00 e. The maximum atomic E-state index is 9.75. The molecule has 0 aliphatic carbocycles. The van der Waals surface area contributed by atoms with Gasteiger partial charge >= 0.3 is 34.9 Å². The van der Waals surface area contributed by atoms with E-state index in [0.29, 0.717) is 0 Å². The Kier molecular flexibility index (Phi) is 23.8. The fraction of sp³-hybridized carbons (Fsp3) is 0. The SMILES string of the molecule is F[B-](F)(F)F.F[B-](F)(F)F.[Pd+2].c1ccc(P(c2ccccc2)c2ccccc2)cc1.c1ccc(P(c2ccccc2)c2ccccc2)cc1.c1ccc(P(c2ccccc2)c2ccccc2)cc1. The van der Waals surface area contributed by atoms with Crippen molar-refractivity contribution in [1.82, 2.24) is 0 Å². The molecular formula is C54H45B2F8P3Pd. The molecule has 9 aromatic carbocycles. The van der Waals surface area contributed by atoms with Crippen LogP contribution in [0.25, 0.3) is 0 Å². The van der Waals surface area contributed by atoms with Gasteiger partial charge in [0.1, 0.15) is 0 Å². The second-order valence-electron chi connectivity index (χ2n) is 14.0. The van der Waals surface area contributed by atoms with Crippen molar-refractivity contribution < 1.29 is 54.9 Å². The van der Waals surface area contributed by atoms with Crippen molar-refractivity contribution in [1.29, 1.82) is 0 Å². The summed E-state index contributed by atoms with van der Waals surface area (Å²) in [5.74, 6) is 0. The molecule has 0 N–H and O–H groups in total. The van der Waals surface area contributed by atoms with Crippen LogP contribution in [0.4, 0.5) is 34.5 Å². The molecule has 68 heavy (non-hydrogen) atoms. The molecule has 0 spiro atoms. The summed E-state index contributed by atoms with van der Waals surface area (Å²) in [4.78, 5) is 0. The summed E-state index contributed by atoms with van der Waals surface area (Å²) < 4.78 is 78.0. The van der Waals surface area contributed by atoms with Crippen molar-refractivity contribution in [3.63, 3.8) is 0 Å². The zero-order chi connectivity index (χ0) is 47.7. The molecular weight excluding hydrogens is 1020 g/mol. The predicted molar refractivity (Wildman–Crippen MR) is 276 cm³/mol. The Morgan fingerprint density at radius 1 is 0.176 bits per heavy atom. The molecule has 0 saturated heterocycles. The fourth-order valence-corrected chi connectivity index (χ4v) is 13.5. The van der Waals surface area contributed by atoms with E-state index in [2.05, 4.69) is 273 Å². The van der Waals surface area contributed by atoms with Gasteiger partial charge in [-0.2, -0.15) is 0 Å². The Hall–Kier alpha value is -5.50. The molecule has 9 aromatic rings. The zero-order valence-electron chi connectivity index (χ0n) is 36.3. The van der Waals surface area contributed by atoms with Crippen LogP contribution >= 0.6 is 23.8 Å². The Morgan fingerprint density at radius 2 is 0.250 bits per heavy atom. The second-order valence-corrected chi connectivity index (χ2v) is 20.7. The van der Waals surface area contributed by atoms with Gasteiger partial charge in [-0.15, -0.1) is 0 Å². The van der Waals surface area contributed by atoms with Crippen LogP contribution < -0.4 is 47.7 Å². The van der Waals surface area contributed by atoms with Crippen molar-refractivity contribution in [3.05, 3.63) is 273 Å². The van der Waals surface area contributed by atoms with Crippen LogP contribution in [0.3, 0.4) is 0 Å². The number of halogens is 8. The maximum absolute atomic E-state index is 9.75. The van der Waals surface area contributed by atoms with Crippen molar-refractivity contribution in [3.8, 4) is 0 Å². The molecule has 0 aromatic heterocycles. The molecule has 0 aliphatic rings. The van der Waals surface area contributed by atoms with Crippen molar-refractivity contribution in [2.45, 2.75) is 0 Å². The predicted octanol–water partition coefficient (Wildman–Crippen LogP) is 12.9. The van der Waals surface area contributed by atoms with E-state index >= 15 is 0 Å². The first-order valence-electron chi connectivity index (χ1n) is 21.0. The fourth-order valence-electron chi connectivity index (χ4n) is 6.54. The van der Waals surface area contributed by atoms with Crippen LogP contribution in [-0.2, 0) is 20.4 Å². The third-order valence-electron chi connectivity index (χ3n) is 9.13. The molecule has 0 unspecified atom stereocenters. The van der Waals surface area contributed by atoms with E-state index in [4.69, 9.17) is 0 Å². The van der Waals surface area contributed by atoms with Crippen LogP contribution in [0, 0.1) is 0 Å². The number of benzene rings is 9. The molecule has 0 fully saturated rings. The number of hydrogen-bond acceptors (Lipinski definition) is 0. The quantitative estimate of drug-likeness (QED) is 0.0768. The summed E-state index contributed by atoms with van der Waals surface area (Å²) in [5.41, 5.74) is 0. The molecule has 0 amide bonds. The first-order chi connectivity index (χ1) is 32.3. The van der Waals surface area contributed by atoms with Gasteiger partial charge < -0.3 is 34.5 Å². The zero-order valence-corrected chi connectivity index (χ0v) is 40.6. The average Bonchev–Trinajstić information content (AvgIpc) is 3.34. The van der Waals surface area contributed by atoms with Gasteiger partial charge in [-0.05, 0) is 71.5 Å². The van der Waals surface area contributed by atoms with E-state index in [1.807, 2.05) is 0 Å². The Balaban J connectivity index is 0.000000201. The minimum Gasteiger partial charge on any atom is -0.418 e. The van der Waals surface area contributed by atoms with Crippen LogP contribution in [0.1, 0.15) is 0 Å². The molecule has 0 bridgehead atoms. The van der Waals surface area contributed by atoms with Gasteiger partial charge in [0.2, 0.25) is 0 Å². The van der Waals surface area contributed by atoms with Gasteiger partial charge in [0.15, 0.2) is 0 Å². The Morgan fingerprint density at radius 3 is 0.324 bits per heavy atom. The molecule has 0 radical (unpaired) electrons. The van der Waals surface area contributed by atoms with E-state index in [1.54, 1.807) is 0 Å². The van der Waals surface area contributed by atoms with E-state index < -0.39 is 38.3 Å². The first-order valence-corrected chi connectivity index (χ1v) is 25.0. The topological polar surface area (TPSA) is 0 Å². The summed E-state index contributed by atoms with van der Waals surface area (Å²) in [5, 5.41) is 12.6. The Labute approximate surface area is 411 Å². The van der Waals surface area contributed by atoms with Gasteiger partial charge in [-0.3, -0.25) is 0 Å². The minimum atomic E-state index is -6.00. The first kappa shape index (κ1) is 55.1. The van der Waals surface area contributed by atoms with Gasteiger partial charge in [-0.1, -0.05) is 273 Å². The van der Waals surface area contributed by atoms with Gasteiger partial charge in [0.25, 0.3) is 0 Å². The summed E-state index contributed by atoms with van der Waals surface area (Å²) in [7, 11) is -13.3. The van der Waals surface area contributed by atoms with Crippen LogP contribution in [0.5, 0.6) is 0 Å². The molecule has 14 heteroatoms. The smallest absolute Gasteiger partial charge is 0.418 e. The summed E-state index contributed by atoms with van der Waals surface area (Å²) in [6, 6.07) is 97.0. The van der Waals surface area contributed by atoms with E-state index in [9.17, 15) is 34.5 Å². The molecule has 0 nitrogen and oxygen atoms in total. The van der Waals surface area contributed by atoms with Crippen LogP contribution in [0.15, 0.2) is 273 Å². The minimum absolute atomic E-state index is 0. The van der Waals surface area contributed by atoms with Crippen LogP contribution in [-0.4, -0.2) is 14.5 Å². The van der Waals surface area contributed by atoms with Gasteiger partial charge in [0, 0.05) is 0 Å². The van der Waals surface area contributed by atoms with E-state index in [-0.39, 0.29) is 20.4 Å². The summed E-state index contributed by atoms with van der Waals surface area (Å²) >= 11 is 0. The molecule has 0 atom stereocenters. The normalized spacial score (nSPS) is 10.6. The van der Waals surface area contributed by atoms with Gasteiger partial charge in [-0.25, -0.2) is 0 Å². The third-order valence-corrected chi connectivity index (χ3v) is 16.5. The van der Waals surface area contributed by atoms with Gasteiger partial charge in [0.05, 0.1) is 0 Å². The van der Waals surface area contributed by atoms with E-state index in [0.717, 1.165) is 0 Å². The molecule has 9 rings (SSSR count). The average molecular weight is 1070 g/mol. The standard InChI is InChI=1S/3C18H15P.2BF4.Pd/c3*1-4-10-16(11-5-1)19(17-12-6-2-7-13-17)18-14-8-3-9-15-18;2*2-1(3,4)5;/h3*1-15H;;;/q;;;2*-1;+2. The van der Waals surface area contributed by atoms with Crippen molar-refractivity contribution in [2.24, 2.45) is 0 Å². The second kappa shape index (κ2) is 29.4. The number of hydrogen-bond donors (Lipinski definition) is 0. The summed E-state index contributed by atoms with van der Waals surface area (Å²) in [6.07, 6.45) is 0. The van der Waals surface area contributed by atoms with E-state index in [1.165, 1.54) is 47.7 Å². The molecule has 0 saturated carbocycles. The molecule has 348 valence electrons. The largest absolute Gasteiger partial charge is 2.00 e. The number of rotatable bonds is 9. The molecule has 0 aliphatic heterocycles. The van der Waals surface area contributed by atoms with Crippen molar-refractivity contribution >= 4 is 86.0 Å². The summed E-state index contributed by atoms with van der Waals surface area (Å²) in [6.45, 7) is 0. The Bertz CT molecular complexity index is 2080. The third kappa shape index (κ3) is 20.4. The molecule has 0 heterocycles. The van der Waals surface area contributed by atoms with Crippen molar-refractivity contribution in [2.75, 3.05) is 0 Å². The van der Waals surface area contributed by atoms with Crippen LogP contribution in [0.2, 0.25) is 0 Å². The monoisotopic (exact) mass is 1070 g/mol.